The highest BCUT2D eigenvalue weighted by atomic mass is 19.1. The molecule has 2 aromatic heterocycles. The number of nitrogens with one attached hydrogen (secondary N) is 2. The van der Waals surface area contributed by atoms with E-state index < -0.39 is 0 Å². The molecular weight excluding hydrogens is 331 g/mol. The SMILES string of the molecule is Fc1ccc(Nc2ncc(-c3ccc4c(c3)CNC4)n3ncnc23)cc1. The quantitative estimate of drug-likeness (QED) is 0.596. The Kier molecular flexibility index (Phi) is 3.39. The van der Waals surface area contributed by atoms with E-state index in [1.165, 1.54) is 29.6 Å². The van der Waals surface area contributed by atoms with Gasteiger partial charge < -0.3 is 10.6 Å². The Balaban J connectivity index is 1.57. The Bertz CT molecular complexity index is 1100. The van der Waals surface area contributed by atoms with Crippen LogP contribution in [0.15, 0.2) is 55.0 Å². The zero-order valence-corrected chi connectivity index (χ0v) is 13.8. The molecule has 4 aromatic rings. The summed E-state index contributed by atoms with van der Waals surface area (Å²) in [5.74, 6) is 0.290. The zero-order chi connectivity index (χ0) is 17.5. The third-order valence-electron chi connectivity index (χ3n) is 4.54. The number of fused-ring (bicyclic) bond motifs is 2. The molecule has 1 aliphatic heterocycles. The molecule has 0 saturated heterocycles. The smallest absolute Gasteiger partial charge is 0.199 e. The molecule has 0 radical (unpaired) electrons. The summed E-state index contributed by atoms with van der Waals surface area (Å²) in [5.41, 5.74) is 5.89. The van der Waals surface area contributed by atoms with E-state index in [1.54, 1.807) is 22.8 Å². The molecule has 0 spiro atoms. The lowest BCUT2D eigenvalue weighted by Crippen LogP contribution is -2.02. The van der Waals surface area contributed by atoms with Gasteiger partial charge in [0.2, 0.25) is 0 Å². The molecule has 0 saturated carbocycles. The molecule has 0 bridgehead atoms. The number of benzene rings is 2. The van der Waals surface area contributed by atoms with E-state index in [1.807, 2.05) is 0 Å². The van der Waals surface area contributed by atoms with Crippen molar-refractivity contribution in [3.05, 3.63) is 71.9 Å². The fourth-order valence-corrected chi connectivity index (χ4v) is 3.23. The maximum Gasteiger partial charge on any atom is 0.199 e. The molecule has 0 aliphatic carbocycles. The molecule has 0 atom stereocenters. The van der Waals surface area contributed by atoms with Crippen molar-refractivity contribution in [3.63, 3.8) is 0 Å². The molecule has 2 N–H and O–H groups in total. The van der Waals surface area contributed by atoms with Gasteiger partial charge in [0, 0.05) is 24.3 Å². The molecule has 128 valence electrons. The van der Waals surface area contributed by atoms with Crippen LogP contribution in [0.25, 0.3) is 16.9 Å². The summed E-state index contributed by atoms with van der Waals surface area (Å²) in [5, 5.41) is 10.9. The average molecular weight is 346 g/mol. The van der Waals surface area contributed by atoms with Gasteiger partial charge in [0.15, 0.2) is 11.5 Å². The van der Waals surface area contributed by atoms with Gasteiger partial charge in [-0.3, -0.25) is 0 Å². The molecule has 0 fully saturated rings. The Morgan fingerprint density at radius 3 is 2.73 bits per heavy atom. The first-order chi connectivity index (χ1) is 12.8. The molecule has 1 aliphatic rings. The van der Waals surface area contributed by atoms with E-state index in [0.717, 1.165) is 30.0 Å². The van der Waals surface area contributed by atoms with Crippen LogP contribution in [0, 0.1) is 5.82 Å². The van der Waals surface area contributed by atoms with E-state index in [9.17, 15) is 4.39 Å². The molecular formula is C19H15FN6. The highest BCUT2D eigenvalue weighted by Crippen LogP contribution is 2.27. The molecule has 5 rings (SSSR count). The maximum absolute atomic E-state index is 13.1. The van der Waals surface area contributed by atoms with Crippen LogP contribution < -0.4 is 10.6 Å². The van der Waals surface area contributed by atoms with Gasteiger partial charge in [0.1, 0.15) is 12.1 Å². The summed E-state index contributed by atoms with van der Waals surface area (Å²) in [6.45, 7) is 1.79. The van der Waals surface area contributed by atoms with Gasteiger partial charge in [0.05, 0.1) is 11.9 Å². The standard InChI is InChI=1S/C19H15FN6/c20-15-3-5-16(6-4-15)25-18-19-23-11-24-26(19)17(10-22-18)12-1-2-13-8-21-9-14(13)7-12/h1-7,10-11,21H,8-9H2,(H,22,25). The molecule has 0 unspecified atom stereocenters. The average Bonchev–Trinajstić information content (AvgIpc) is 3.32. The maximum atomic E-state index is 13.1. The Labute approximate surface area is 148 Å². The van der Waals surface area contributed by atoms with Gasteiger partial charge in [-0.15, -0.1) is 0 Å². The largest absolute Gasteiger partial charge is 0.337 e. The highest BCUT2D eigenvalue weighted by Gasteiger charge is 2.15. The molecule has 2 aromatic carbocycles. The van der Waals surface area contributed by atoms with Crippen LogP contribution in [0.1, 0.15) is 11.1 Å². The van der Waals surface area contributed by atoms with Gasteiger partial charge in [-0.05, 0) is 41.5 Å². The van der Waals surface area contributed by atoms with Crippen LogP contribution in [-0.4, -0.2) is 19.6 Å². The van der Waals surface area contributed by atoms with Crippen LogP contribution in [0.3, 0.4) is 0 Å². The van der Waals surface area contributed by atoms with Crippen molar-refractivity contribution in [1.29, 1.82) is 0 Å². The first-order valence-electron chi connectivity index (χ1n) is 8.32. The summed E-state index contributed by atoms with van der Waals surface area (Å²) in [6, 6.07) is 12.5. The second-order valence-corrected chi connectivity index (χ2v) is 6.21. The molecule has 7 heteroatoms. The van der Waals surface area contributed by atoms with Crippen molar-refractivity contribution in [2.24, 2.45) is 0 Å². The summed E-state index contributed by atoms with van der Waals surface area (Å²) in [4.78, 5) is 8.85. The van der Waals surface area contributed by atoms with E-state index in [2.05, 4.69) is 43.9 Å². The van der Waals surface area contributed by atoms with E-state index in [-0.39, 0.29) is 5.82 Å². The number of aromatic nitrogens is 4. The minimum atomic E-state index is -0.280. The van der Waals surface area contributed by atoms with Crippen LogP contribution in [0.2, 0.25) is 0 Å². The topological polar surface area (TPSA) is 67.1 Å². The molecule has 0 amide bonds. The van der Waals surface area contributed by atoms with Gasteiger partial charge in [-0.25, -0.2) is 18.9 Å². The first kappa shape index (κ1) is 15.0. The predicted octanol–water partition coefficient (Wildman–Crippen LogP) is 3.28. The number of hydrogen-bond donors (Lipinski definition) is 2. The summed E-state index contributed by atoms with van der Waals surface area (Å²) >= 11 is 0. The minimum absolute atomic E-state index is 0.280. The van der Waals surface area contributed by atoms with E-state index >= 15 is 0 Å². The third kappa shape index (κ3) is 2.49. The van der Waals surface area contributed by atoms with Gasteiger partial charge in [-0.2, -0.15) is 5.10 Å². The molecule has 26 heavy (non-hydrogen) atoms. The molecule has 6 nitrogen and oxygen atoms in total. The Hall–Kier alpha value is -3.32. The summed E-state index contributed by atoms with van der Waals surface area (Å²) in [7, 11) is 0. The second-order valence-electron chi connectivity index (χ2n) is 6.21. The fraction of sp³-hybridized carbons (Fsp3) is 0.105. The van der Waals surface area contributed by atoms with Crippen molar-refractivity contribution in [2.75, 3.05) is 5.32 Å². The lowest BCUT2D eigenvalue weighted by atomic mass is 10.0. The van der Waals surface area contributed by atoms with Crippen LogP contribution in [0.5, 0.6) is 0 Å². The molecule has 3 heterocycles. The Morgan fingerprint density at radius 1 is 1.00 bits per heavy atom. The summed E-state index contributed by atoms with van der Waals surface area (Å²) < 4.78 is 14.9. The van der Waals surface area contributed by atoms with Gasteiger partial charge in [-0.1, -0.05) is 12.1 Å². The Morgan fingerprint density at radius 2 is 1.85 bits per heavy atom. The van der Waals surface area contributed by atoms with Crippen molar-refractivity contribution < 1.29 is 4.39 Å². The van der Waals surface area contributed by atoms with Crippen LogP contribution in [-0.2, 0) is 13.1 Å². The van der Waals surface area contributed by atoms with E-state index in [0.29, 0.717) is 11.5 Å². The monoisotopic (exact) mass is 346 g/mol. The first-order valence-corrected chi connectivity index (χ1v) is 8.32. The van der Waals surface area contributed by atoms with Crippen molar-refractivity contribution in [3.8, 4) is 11.3 Å². The van der Waals surface area contributed by atoms with Crippen molar-refractivity contribution in [1.82, 2.24) is 24.9 Å². The lowest BCUT2D eigenvalue weighted by Gasteiger charge is -2.10. The number of halogens is 1. The third-order valence-corrected chi connectivity index (χ3v) is 4.54. The van der Waals surface area contributed by atoms with Crippen molar-refractivity contribution >= 4 is 17.2 Å². The number of hydrogen-bond acceptors (Lipinski definition) is 5. The normalized spacial score (nSPS) is 13.1. The number of rotatable bonds is 3. The predicted molar refractivity (Wildman–Crippen MR) is 96.4 cm³/mol. The van der Waals surface area contributed by atoms with Crippen LogP contribution >= 0.6 is 0 Å². The van der Waals surface area contributed by atoms with Gasteiger partial charge in [0.25, 0.3) is 0 Å². The highest BCUT2D eigenvalue weighted by molar-refractivity contribution is 5.73. The van der Waals surface area contributed by atoms with E-state index in [4.69, 9.17) is 0 Å². The van der Waals surface area contributed by atoms with Gasteiger partial charge >= 0.3 is 0 Å². The van der Waals surface area contributed by atoms with Crippen LogP contribution in [0.4, 0.5) is 15.9 Å². The minimum Gasteiger partial charge on any atom is -0.337 e. The van der Waals surface area contributed by atoms with Crippen molar-refractivity contribution in [2.45, 2.75) is 13.1 Å². The number of nitrogens with zero attached hydrogens (tertiary/aromatic N) is 4. The zero-order valence-electron chi connectivity index (χ0n) is 13.8. The number of anilines is 2. The second kappa shape index (κ2) is 5.89. The fourth-order valence-electron chi connectivity index (χ4n) is 3.23. The summed E-state index contributed by atoms with van der Waals surface area (Å²) in [6.07, 6.45) is 3.28. The lowest BCUT2D eigenvalue weighted by molar-refractivity contribution is 0.628.